The van der Waals surface area contributed by atoms with Gasteiger partial charge in [-0.3, -0.25) is 4.98 Å². The van der Waals surface area contributed by atoms with E-state index < -0.39 is 18.2 Å². The minimum absolute atomic E-state index is 0.0673. The number of halogens is 3. The summed E-state index contributed by atoms with van der Waals surface area (Å²) >= 11 is 0. The second-order valence-corrected chi connectivity index (χ2v) is 2.79. The van der Waals surface area contributed by atoms with Gasteiger partial charge < -0.3 is 4.74 Å². The summed E-state index contributed by atoms with van der Waals surface area (Å²) in [4.78, 5) is 14.5. The third kappa shape index (κ3) is 1.23. The van der Waals surface area contributed by atoms with Crippen LogP contribution in [0.15, 0.2) is 18.5 Å². The number of alkyl halides is 3. The first-order valence-corrected chi connectivity index (χ1v) is 3.72. The van der Waals surface area contributed by atoms with Crippen molar-refractivity contribution in [2.75, 3.05) is 0 Å². The second kappa shape index (κ2) is 2.70. The van der Waals surface area contributed by atoms with Crippen LogP contribution in [0.2, 0.25) is 0 Å². The van der Waals surface area contributed by atoms with Crippen LogP contribution in [0.5, 0.6) is 0 Å². The van der Waals surface area contributed by atoms with E-state index in [0.717, 1.165) is 6.20 Å². The van der Waals surface area contributed by atoms with E-state index in [2.05, 4.69) is 9.72 Å². The lowest BCUT2D eigenvalue weighted by Gasteiger charge is -2.13. The van der Waals surface area contributed by atoms with E-state index in [1.165, 1.54) is 12.3 Å². The van der Waals surface area contributed by atoms with Crippen LogP contribution in [-0.4, -0.2) is 17.1 Å². The molecule has 1 atom stereocenters. The maximum absolute atomic E-state index is 12.3. The number of ether oxygens (including phenoxy) is 1. The van der Waals surface area contributed by atoms with Crippen LogP contribution in [-0.2, 0) is 4.74 Å². The van der Waals surface area contributed by atoms with E-state index in [1.54, 1.807) is 0 Å². The molecule has 14 heavy (non-hydrogen) atoms. The molecule has 74 valence electrons. The Morgan fingerprint density at radius 1 is 1.43 bits per heavy atom. The molecule has 0 amide bonds. The highest BCUT2D eigenvalue weighted by Gasteiger charge is 2.49. The van der Waals surface area contributed by atoms with Gasteiger partial charge in [-0.2, -0.15) is 13.2 Å². The third-order valence-electron chi connectivity index (χ3n) is 1.88. The predicted octanol–water partition coefficient (Wildman–Crippen LogP) is 1.86. The van der Waals surface area contributed by atoms with Gasteiger partial charge in [0.15, 0.2) is 0 Å². The van der Waals surface area contributed by atoms with E-state index in [9.17, 15) is 18.0 Å². The van der Waals surface area contributed by atoms with Crippen LogP contribution >= 0.6 is 0 Å². The van der Waals surface area contributed by atoms with Crippen molar-refractivity contribution in [1.29, 1.82) is 0 Å². The number of hydrogen-bond acceptors (Lipinski definition) is 3. The molecule has 2 heterocycles. The van der Waals surface area contributed by atoms with Crippen LogP contribution in [0.25, 0.3) is 0 Å². The number of carbonyl (C=O) groups is 1. The molecule has 1 aromatic heterocycles. The molecule has 1 aliphatic rings. The van der Waals surface area contributed by atoms with Gasteiger partial charge in [0.25, 0.3) is 0 Å². The predicted molar refractivity (Wildman–Crippen MR) is 38.4 cm³/mol. The van der Waals surface area contributed by atoms with Gasteiger partial charge >= 0.3 is 12.1 Å². The molecule has 0 saturated carbocycles. The Hall–Kier alpha value is -1.59. The highest BCUT2D eigenvalue weighted by atomic mass is 19.4. The van der Waals surface area contributed by atoms with Crippen molar-refractivity contribution in [1.82, 2.24) is 4.98 Å². The minimum atomic E-state index is -4.58. The van der Waals surface area contributed by atoms with Gasteiger partial charge in [0, 0.05) is 18.0 Å². The summed E-state index contributed by atoms with van der Waals surface area (Å²) in [6.07, 6.45) is -4.50. The Morgan fingerprint density at radius 3 is 2.79 bits per heavy atom. The molecule has 3 nitrogen and oxygen atoms in total. The zero-order valence-electron chi connectivity index (χ0n) is 6.71. The van der Waals surface area contributed by atoms with Crippen molar-refractivity contribution in [2.45, 2.75) is 12.3 Å². The molecule has 1 aromatic rings. The van der Waals surface area contributed by atoms with Crippen LogP contribution < -0.4 is 0 Å². The molecule has 1 aliphatic heterocycles. The van der Waals surface area contributed by atoms with Crippen molar-refractivity contribution in [2.24, 2.45) is 0 Å². The van der Waals surface area contributed by atoms with Crippen LogP contribution in [0.4, 0.5) is 13.2 Å². The first-order chi connectivity index (χ1) is 6.50. The van der Waals surface area contributed by atoms with Gasteiger partial charge in [0.05, 0.1) is 5.56 Å². The molecule has 0 bridgehead atoms. The molecule has 6 heteroatoms. The van der Waals surface area contributed by atoms with Gasteiger partial charge in [-0.25, -0.2) is 4.79 Å². The number of nitrogens with zero attached hydrogens (tertiary/aromatic N) is 1. The van der Waals surface area contributed by atoms with Crippen molar-refractivity contribution in [3.8, 4) is 0 Å². The average Bonchev–Trinajstić information content (AvgIpc) is 2.44. The van der Waals surface area contributed by atoms with E-state index in [4.69, 9.17) is 0 Å². The molecule has 0 spiro atoms. The van der Waals surface area contributed by atoms with E-state index >= 15 is 0 Å². The average molecular weight is 203 g/mol. The quantitative estimate of drug-likeness (QED) is 0.604. The van der Waals surface area contributed by atoms with Gasteiger partial charge in [-0.15, -0.1) is 0 Å². The summed E-state index contributed by atoms with van der Waals surface area (Å²) in [5, 5.41) is 0. The largest absolute Gasteiger partial charge is 0.444 e. The van der Waals surface area contributed by atoms with Gasteiger partial charge in [0.2, 0.25) is 6.10 Å². The smallest absolute Gasteiger partial charge is 0.429 e. The van der Waals surface area contributed by atoms with Crippen molar-refractivity contribution >= 4 is 5.97 Å². The number of carbonyl (C=O) groups excluding carboxylic acids is 1. The van der Waals surface area contributed by atoms with Crippen molar-refractivity contribution in [3.63, 3.8) is 0 Å². The monoisotopic (exact) mass is 203 g/mol. The molecule has 0 N–H and O–H groups in total. The Kier molecular flexibility index (Phi) is 1.73. The van der Waals surface area contributed by atoms with Crippen LogP contribution in [0, 0.1) is 0 Å². The fraction of sp³-hybridized carbons (Fsp3) is 0.250. The molecular formula is C8H4F3NO2. The van der Waals surface area contributed by atoms with E-state index in [1.807, 2.05) is 0 Å². The topological polar surface area (TPSA) is 39.2 Å². The summed E-state index contributed by atoms with van der Waals surface area (Å²) < 4.78 is 41.1. The molecule has 1 unspecified atom stereocenters. The Bertz CT molecular complexity index is 388. The lowest BCUT2D eigenvalue weighted by Crippen LogP contribution is -2.20. The van der Waals surface area contributed by atoms with Crippen LogP contribution in [0.3, 0.4) is 0 Å². The normalized spacial score (nSPS) is 20.5. The highest BCUT2D eigenvalue weighted by molar-refractivity contribution is 5.93. The lowest BCUT2D eigenvalue weighted by molar-refractivity contribution is -0.203. The highest BCUT2D eigenvalue weighted by Crippen LogP contribution is 2.41. The zero-order chi connectivity index (χ0) is 10.3. The summed E-state index contributed by atoms with van der Waals surface area (Å²) in [7, 11) is 0. The maximum Gasteiger partial charge on any atom is 0.429 e. The second-order valence-electron chi connectivity index (χ2n) is 2.79. The number of pyridine rings is 1. The maximum atomic E-state index is 12.3. The summed E-state index contributed by atoms with van der Waals surface area (Å²) in [6, 6.07) is 1.21. The molecule has 0 radical (unpaired) electrons. The molecular weight excluding hydrogens is 199 g/mol. The fourth-order valence-electron chi connectivity index (χ4n) is 1.28. The third-order valence-corrected chi connectivity index (χ3v) is 1.88. The van der Waals surface area contributed by atoms with E-state index in [-0.39, 0.29) is 11.1 Å². The molecule has 0 aliphatic carbocycles. The Labute approximate surface area is 76.5 Å². The molecule has 0 saturated heterocycles. The number of hydrogen-bond donors (Lipinski definition) is 0. The number of aromatic nitrogens is 1. The summed E-state index contributed by atoms with van der Waals surface area (Å²) in [5.74, 6) is -0.954. The Balaban J connectivity index is 2.50. The fourth-order valence-corrected chi connectivity index (χ4v) is 1.28. The number of esters is 1. The summed E-state index contributed by atoms with van der Waals surface area (Å²) in [6.45, 7) is 0. The van der Waals surface area contributed by atoms with Crippen molar-refractivity contribution < 1.29 is 22.7 Å². The number of fused-ring (bicyclic) bond motifs is 1. The van der Waals surface area contributed by atoms with Gasteiger partial charge in [-0.05, 0) is 6.07 Å². The molecule has 0 aromatic carbocycles. The van der Waals surface area contributed by atoms with Crippen molar-refractivity contribution in [3.05, 3.63) is 29.6 Å². The Morgan fingerprint density at radius 2 is 2.14 bits per heavy atom. The molecule has 0 fully saturated rings. The zero-order valence-corrected chi connectivity index (χ0v) is 6.71. The van der Waals surface area contributed by atoms with Gasteiger partial charge in [-0.1, -0.05) is 0 Å². The number of rotatable bonds is 0. The van der Waals surface area contributed by atoms with Gasteiger partial charge in [0.1, 0.15) is 0 Å². The van der Waals surface area contributed by atoms with Crippen LogP contribution in [0.1, 0.15) is 22.0 Å². The van der Waals surface area contributed by atoms with E-state index in [0.29, 0.717) is 0 Å². The summed E-state index contributed by atoms with van der Waals surface area (Å²) in [5.41, 5.74) is -0.285. The first kappa shape index (κ1) is 8.98. The molecule has 2 rings (SSSR count). The standard InChI is InChI=1S/C8H4F3NO2/c9-8(10,11)6-5-3-12-2-1-4(5)7(13)14-6/h1-3,6H. The minimum Gasteiger partial charge on any atom is -0.444 e. The SMILES string of the molecule is O=C1OC(C(F)(F)F)c2cnccc21. The first-order valence-electron chi connectivity index (χ1n) is 3.72. The lowest BCUT2D eigenvalue weighted by atomic mass is 10.1. The number of cyclic esters (lactones) is 1.